The molecule has 0 saturated heterocycles. The smallest absolute Gasteiger partial charge is 0.319 e. The molecule has 0 saturated carbocycles. The summed E-state index contributed by atoms with van der Waals surface area (Å²) < 4.78 is 54.7. The van der Waals surface area contributed by atoms with Crippen molar-refractivity contribution >= 4 is 23.2 Å². The van der Waals surface area contributed by atoms with Gasteiger partial charge in [-0.25, -0.2) is 4.39 Å². The molecule has 3 rings (SSSR count). The van der Waals surface area contributed by atoms with E-state index in [4.69, 9.17) is 11.6 Å². The number of hydrogen-bond donors (Lipinski definition) is 1. The van der Waals surface area contributed by atoms with Crippen molar-refractivity contribution in [2.45, 2.75) is 13.1 Å². The first kappa shape index (κ1) is 19.9. The van der Waals surface area contributed by atoms with Crippen LogP contribution in [0.15, 0.2) is 42.6 Å². The molecule has 1 aromatic heterocycles. The Morgan fingerprint density at radius 3 is 2.57 bits per heavy atom. The number of para-hydroxylation sites is 1. The van der Waals surface area contributed by atoms with Crippen molar-refractivity contribution < 1.29 is 22.4 Å². The molecule has 0 fully saturated rings. The van der Waals surface area contributed by atoms with Crippen LogP contribution in [0.3, 0.4) is 0 Å². The summed E-state index contributed by atoms with van der Waals surface area (Å²) in [7, 11) is 1.26. The monoisotopic (exact) mass is 411 g/mol. The molecule has 0 bridgehead atoms. The van der Waals surface area contributed by atoms with E-state index in [0.29, 0.717) is 16.1 Å². The second-order valence-corrected chi connectivity index (χ2v) is 6.55. The Morgan fingerprint density at radius 1 is 1.21 bits per heavy atom. The molecule has 0 unspecified atom stereocenters. The first-order valence-corrected chi connectivity index (χ1v) is 8.43. The summed E-state index contributed by atoms with van der Waals surface area (Å²) in [5.74, 6) is -1.90. The maximum atomic E-state index is 14.4. The number of nitrogens with zero attached hydrogens (tertiary/aromatic N) is 2. The molecule has 3 aromatic rings. The van der Waals surface area contributed by atoms with Crippen LogP contribution in [0.4, 0.5) is 23.2 Å². The Morgan fingerprint density at radius 2 is 1.93 bits per heavy atom. The Bertz CT molecular complexity index is 1060. The van der Waals surface area contributed by atoms with Gasteiger partial charge in [0.25, 0.3) is 5.91 Å². The van der Waals surface area contributed by atoms with E-state index < -0.39 is 29.2 Å². The molecule has 0 aliphatic carbocycles. The molecule has 0 atom stereocenters. The Balaban J connectivity index is 2.04. The van der Waals surface area contributed by atoms with E-state index in [9.17, 15) is 22.4 Å². The third-order valence-corrected chi connectivity index (χ3v) is 4.49. The molecule has 4 nitrogen and oxygen atoms in total. The van der Waals surface area contributed by atoms with Crippen molar-refractivity contribution in [2.75, 3.05) is 5.32 Å². The number of benzene rings is 2. The van der Waals surface area contributed by atoms with E-state index in [1.165, 1.54) is 13.1 Å². The molecule has 28 heavy (non-hydrogen) atoms. The number of carbonyl (C=O) groups is 1. The largest absolute Gasteiger partial charge is 0.435 e. The van der Waals surface area contributed by atoms with Gasteiger partial charge in [-0.1, -0.05) is 29.8 Å². The van der Waals surface area contributed by atoms with Gasteiger partial charge in [-0.2, -0.15) is 18.3 Å². The number of hydrogen-bond acceptors (Lipinski definition) is 2. The second kappa shape index (κ2) is 7.27. The second-order valence-electron chi connectivity index (χ2n) is 6.14. The highest BCUT2D eigenvalue weighted by Crippen LogP contribution is 2.34. The minimum Gasteiger partial charge on any atom is -0.319 e. The lowest BCUT2D eigenvalue weighted by Gasteiger charge is -2.14. The number of alkyl halides is 3. The number of halogens is 5. The van der Waals surface area contributed by atoms with Crippen molar-refractivity contribution in [3.63, 3.8) is 0 Å². The van der Waals surface area contributed by atoms with Crippen molar-refractivity contribution in [2.24, 2.45) is 7.05 Å². The highest BCUT2D eigenvalue weighted by atomic mass is 35.5. The number of amides is 1. The lowest BCUT2D eigenvalue weighted by atomic mass is 10.0. The Hall–Kier alpha value is -2.87. The summed E-state index contributed by atoms with van der Waals surface area (Å²) in [5.41, 5.74) is -0.674. The molecule has 0 spiro atoms. The molecule has 1 heterocycles. The quantitative estimate of drug-likeness (QED) is 0.582. The molecule has 9 heteroatoms. The molecule has 146 valence electrons. The fourth-order valence-corrected chi connectivity index (χ4v) is 2.87. The topological polar surface area (TPSA) is 46.9 Å². The predicted octanol–water partition coefficient (Wildman–Crippen LogP) is 5.46. The van der Waals surface area contributed by atoms with Crippen LogP contribution >= 0.6 is 11.6 Å². The number of aryl methyl sites for hydroxylation is 2. The molecule has 0 radical (unpaired) electrons. The molecule has 1 N–H and O–H groups in total. The minimum atomic E-state index is -4.82. The van der Waals surface area contributed by atoms with Crippen LogP contribution in [0.1, 0.15) is 21.6 Å². The van der Waals surface area contributed by atoms with Gasteiger partial charge in [0.05, 0.1) is 11.3 Å². The maximum Gasteiger partial charge on any atom is 0.435 e. The predicted molar refractivity (Wildman–Crippen MR) is 97.7 cm³/mol. The summed E-state index contributed by atoms with van der Waals surface area (Å²) in [6.45, 7) is 1.76. The normalized spacial score (nSPS) is 11.5. The lowest BCUT2D eigenvalue weighted by molar-refractivity contribution is -0.141. The van der Waals surface area contributed by atoms with E-state index in [2.05, 4.69) is 10.4 Å². The van der Waals surface area contributed by atoms with Gasteiger partial charge in [0.2, 0.25) is 0 Å². The molecule has 0 aliphatic heterocycles. The summed E-state index contributed by atoms with van der Waals surface area (Å²) in [6.07, 6.45) is -3.88. The summed E-state index contributed by atoms with van der Waals surface area (Å²) >= 11 is 6.01. The van der Waals surface area contributed by atoms with Gasteiger partial charge in [-0.3, -0.25) is 9.48 Å². The third kappa shape index (κ3) is 3.87. The average Bonchev–Trinajstić information content (AvgIpc) is 3.01. The van der Waals surface area contributed by atoms with Crippen LogP contribution in [-0.2, 0) is 13.2 Å². The SMILES string of the molecule is Cc1cc(-c2cccc(F)c2NC(=O)c2cn(C)nc2C(F)(F)F)ccc1Cl. The van der Waals surface area contributed by atoms with Gasteiger partial charge in [0.1, 0.15) is 5.82 Å². The van der Waals surface area contributed by atoms with Gasteiger partial charge >= 0.3 is 6.18 Å². The first-order chi connectivity index (χ1) is 13.1. The highest BCUT2D eigenvalue weighted by molar-refractivity contribution is 6.31. The molecular weight excluding hydrogens is 398 g/mol. The van der Waals surface area contributed by atoms with Crippen molar-refractivity contribution in [1.82, 2.24) is 9.78 Å². The van der Waals surface area contributed by atoms with Gasteiger partial charge < -0.3 is 5.32 Å². The fourth-order valence-electron chi connectivity index (χ4n) is 2.75. The lowest BCUT2D eigenvalue weighted by Crippen LogP contribution is -2.18. The number of carbonyl (C=O) groups excluding carboxylic acids is 1. The van der Waals surface area contributed by atoms with Crippen LogP contribution in [0.2, 0.25) is 5.02 Å². The van der Waals surface area contributed by atoms with Crippen molar-refractivity contribution in [1.29, 1.82) is 0 Å². The van der Waals surface area contributed by atoms with Crippen LogP contribution in [-0.4, -0.2) is 15.7 Å². The summed E-state index contributed by atoms with van der Waals surface area (Å²) in [6, 6.07) is 9.04. The average molecular weight is 412 g/mol. The zero-order valence-corrected chi connectivity index (χ0v) is 15.5. The summed E-state index contributed by atoms with van der Waals surface area (Å²) in [4.78, 5) is 12.5. The van der Waals surface area contributed by atoms with E-state index in [1.807, 2.05) is 0 Å². The van der Waals surface area contributed by atoms with Gasteiger partial charge in [0.15, 0.2) is 5.69 Å². The number of nitrogens with one attached hydrogen (secondary N) is 1. The molecular formula is C19H14ClF4N3O. The van der Waals surface area contributed by atoms with Gasteiger partial charge in [-0.15, -0.1) is 0 Å². The van der Waals surface area contributed by atoms with Crippen LogP contribution in [0.5, 0.6) is 0 Å². The van der Waals surface area contributed by atoms with Crippen LogP contribution in [0, 0.1) is 12.7 Å². The number of anilines is 1. The van der Waals surface area contributed by atoms with Crippen molar-refractivity contribution in [3.05, 3.63) is 70.3 Å². The standard InChI is InChI=1S/C19H14ClF4N3O/c1-10-8-11(6-7-14(10)20)12-4-3-5-15(21)16(12)25-18(28)13-9-27(2)26-17(13)19(22,23)24/h3-9H,1-2H3,(H,25,28). The minimum absolute atomic E-state index is 0.230. The van der Waals surface area contributed by atoms with E-state index in [1.54, 1.807) is 31.2 Å². The zero-order chi connectivity index (χ0) is 20.6. The van der Waals surface area contributed by atoms with E-state index in [0.717, 1.165) is 22.5 Å². The fraction of sp³-hybridized carbons (Fsp3) is 0.158. The molecule has 1 amide bonds. The van der Waals surface area contributed by atoms with E-state index in [-0.39, 0.29) is 5.69 Å². The Kier molecular flexibility index (Phi) is 5.16. The van der Waals surface area contributed by atoms with Crippen LogP contribution in [0.25, 0.3) is 11.1 Å². The molecule has 0 aliphatic rings. The van der Waals surface area contributed by atoms with Gasteiger partial charge in [0, 0.05) is 23.8 Å². The summed E-state index contributed by atoms with van der Waals surface area (Å²) in [5, 5.41) is 6.05. The molecule has 2 aromatic carbocycles. The number of aromatic nitrogens is 2. The van der Waals surface area contributed by atoms with Crippen LogP contribution < -0.4 is 5.32 Å². The zero-order valence-electron chi connectivity index (χ0n) is 14.7. The Labute approximate surface area is 162 Å². The maximum absolute atomic E-state index is 14.4. The van der Waals surface area contributed by atoms with Crippen molar-refractivity contribution in [3.8, 4) is 11.1 Å². The van der Waals surface area contributed by atoms with Gasteiger partial charge in [-0.05, 0) is 36.2 Å². The third-order valence-electron chi connectivity index (χ3n) is 4.06. The first-order valence-electron chi connectivity index (χ1n) is 8.05. The van der Waals surface area contributed by atoms with E-state index >= 15 is 0 Å². The highest BCUT2D eigenvalue weighted by Gasteiger charge is 2.39. The number of rotatable bonds is 3.